The lowest BCUT2D eigenvalue weighted by Gasteiger charge is -2.16. The zero-order valence-electron chi connectivity index (χ0n) is 12.9. The lowest BCUT2D eigenvalue weighted by Crippen LogP contribution is -2.42. The smallest absolute Gasteiger partial charge is 0.191 e. The Balaban J connectivity index is 2.14. The Morgan fingerprint density at radius 1 is 1.32 bits per heavy atom. The number of aliphatic imine (C=N–C) groups is 1. The molecular formula is C15H31N3O. The van der Waals surface area contributed by atoms with Gasteiger partial charge in [0.05, 0.1) is 6.10 Å². The maximum atomic E-state index is 5.84. The minimum Gasteiger partial charge on any atom is -0.378 e. The topological polar surface area (TPSA) is 45.7 Å². The van der Waals surface area contributed by atoms with E-state index >= 15 is 0 Å². The third-order valence-corrected chi connectivity index (χ3v) is 3.57. The zero-order chi connectivity index (χ0) is 13.9. The van der Waals surface area contributed by atoms with E-state index < -0.39 is 0 Å². The molecule has 0 amide bonds. The van der Waals surface area contributed by atoms with Crippen molar-refractivity contribution < 1.29 is 4.74 Å². The van der Waals surface area contributed by atoms with E-state index in [1.807, 2.05) is 0 Å². The van der Waals surface area contributed by atoms with Crippen LogP contribution in [0.3, 0.4) is 0 Å². The van der Waals surface area contributed by atoms with Gasteiger partial charge < -0.3 is 15.4 Å². The van der Waals surface area contributed by atoms with E-state index in [0.29, 0.717) is 12.1 Å². The van der Waals surface area contributed by atoms with Crippen molar-refractivity contribution in [3.63, 3.8) is 0 Å². The van der Waals surface area contributed by atoms with Crippen molar-refractivity contribution in [2.45, 2.75) is 71.4 Å². The van der Waals surface area contributed by atoms with Gasteiger partial charge in [-0.2, -0.15) is 0 Å². The van der Waals surface area contributed by atoms with Gasteiger partial charge in [-0.25, -0.2) is 0 Å². The molecule has 1 aliphatic rings. The number of hydrogen-bond acceptors (Lipinski definition) is 2. The Morgan fingerprint density at radius 3 is 2.68 bits per heavy atom. The monoisotopic (exact) mass is 269 g/mol. The van der Waals surface area contributed by atoms with Crippen LogP contribution in [0.25, 0.3) is 0 Å². The van der Waals surface area contributed by atoms with E-state index in [4.69, 9.17) is 4.74 Å². The Hall–Kier alpha value is -0.770. The van der Waals surface area contributed by atoms with Gasteiger partial charge in [-0.1, -0.05) is 19.8 Å². The zero-order valence-corrected chi connectivity index (χ0v) is 12.9. The molecule has 0 bridgehead atoms. The van der Waals surface area contributed by atoms with Crippen LogP contribution in [0.2, 0.25) is 0 Å². The first kappa shape index (κ1) is 16.3. The Bertz CT molecular complexity index is 250. The van der Waals surface area contributed by atoms with Crippen LogP contribution in [0.4, 0.5) is 0 Å². The van der Waals surface area contributed by atoms with Gasteiger partial charge in [0.25, 0.3) is 0 Å². The van der Waals surface area contributed by atoms with Crippen LogP contribution < -0.4 is 10.6 Å². The molecule has 0 aliphatic heterocycles. The summed E-state index contributed by atoms with van der Waals surface area (Å²) in [6.45, 7) is 9.03. The van der Waals surface area contributed by atoms with Crippen molar-refractivity contribution in [2.24, 2.45) is 4.99 Å². The van der Waals surface area contributed by atoms with Crippen molar-refractivity contribution in [3.8, 4) is 0 Å². The van der Waals surface area contributed by atoms with Crippen LogP contribution in [0.1, 0.15) is 59.3 Å². The molecular weight excluding hydrogens is 238 g/mol. The average Bonchev–Trinajstić information content (AvgIpc) is 2.91. The third kappa shape index (κ3) is 7.41. The summed E-state index contributed by atoms with van der Waals surface area (Å²) >= 11 is 0. The second-order valence-electron chi connectivity index (χ2n) is 5.35. The fourth-order valence-corrected chi connectivity index (χ4v) is 2.22. The molecule has 0 spiro atoms. The normalized spacial score (nSPS) is 18.6. The summed E-state index contributed by atoms with van der Waals surface area (Å²) in [6.07, 6.45) is 7.82. The molecule has 1 aliphatic carbocycles. The van der Waals surface area contributed by atoms with E-state index in [9.17, 15) is 0 Å². The van der Waals surface area contributed by atoms with Gasteiger partial charge in [-0.3, -0.25) is 4.99 Å². The molecule has 2 N–H and O–H groups in total. The predicted molar refractivity (Wildman–Crippen MR) is 81.7 cm³/mol. The number of nitrogens with zero attached hydrogens (tertiary/aromatic N) is 1. The highest BCUT2D eigenvalue weighted by molar-refractivity contribution is 5.79. The largest absolute Gasteiger partial charge is 0.378 e. The Labute approximate surface area is 118 Å². The van der Waals surface area contributed by atoms with E-state index in [1.165, 1.54) is 25.7 Å². The molecule has 0 aromatic carbocycles. The molecule has 0 aromatic heterocycles. The molecule has 1 unspecified atom stereocenters. The van der Waals surface area contributed by atoms with Gasteiger partial charge >= 0.3 is 0 Å². The van der Waals surface area contributed by atoms with Crippen molar-refractivity contribution >= 4 is 5.96 Å². The molecule has 0 heterocycles. The van der Waals surface area contributed by atoms with Crippen LogP contribution >= 0.6 is 0 Å². The van der Waals surface area contributed by atoms with Gasteiger partial charge in [-0.15, -0.1) is 0 Å². The van der Waals surface area contributed by atoms with Crippen molar-refractivity contribution in [3.05, 3.63) is 0 Å². The number of ether oxygens (including phenoxy) is 1. The van der Waals surface area contributed by atoms with Gasteiger partial charge in [0, 0.05) is 25.7 Å². The summed E-state index contributed by atoms with van der Waals surface area (Å²) in [4.78, 5) is 4.58. The summed E-state index contributed by atoms with van der Waals surface area (Å²) in [5.41, 5.74) is 0. The molecule has 0 radical (unpaired) electrons. The van der Waals surface area contributed by atoms with Crippen molar-refractivity contribution in [1.29, 1.82) is 0 Å². The quantitative estimate of drug-likeness (QED) is 0.404. The molecule has 4 nitrogen and oxygen atoms in total. The fourth-order valence-electron chi connectivity index (χ4n) is 2.22. The van der Waals surface area contributed by atoms with Gasteiger partial charge in [0.2, 0.25) is 0 Å². The molecule has 0 aromatic rings. The first-order chi connectivity index (χ1) is 9.26. The van der Waals surface area contributed by atoms with Crippen molar-refractivity contribution in [1.82, 2.24) is 10.6 Å². The van der Waals surface area contributed by atoms with E-state index in [1.54, 1.807) is 0 Å². The van der Waals surface area contributed by atoms with Crippen LogP contribution in [0.5, 0.6) is 0 Å². The molecule has 112 valence electrons. The lowest BCUT2D eigenvalue weighted by atomic mass is 10.3. The summed E-state index contributed by atoms with van der Waals surface area (Å²) in [7, 11) is 0. The Morgan fingerprint density at radius 2 is 2.05 bits per heavy atom. The van der Waals surface area contributed by atoms with Crippen LogP contribution in [0.15, 0.2) is 4.99 Å². The van der Waals surface area contributed by atoms with E-state index in [2.05, 4.69) is 36.4 Å². The molecule has 1 rings (SSSR count). The fraction of sp³-hybridized carbons (Fsp3) is 0.933. The Kier molecular flexibility index (Phi) is 8.63. The first-order valence-electron chi connectivity index (χ1n) is 7.92. The lowest BCUT2D eigenvalue weighted by molar-refractivity contribution is 0.0579. The number of guanidine groups is 1. The number of nitrogens with one attached hydrogen (secondary N) is 2. The van der Waals surface area contributed by atoms with E-state index in [-0.39, 0.29) is 0 Å². The summed E-state index contributed by atoms with van der Waals surface area (Å²) in [6, 6.07) is 0.465. The van der Waals surface area contributed by atoms with Crippen LogP contribution in [0, 0.1) is 0 Å². The summed E-state index contributed by atoms with van der Waals surface area (Å²) in [5, 5.41) is 6.68. The highest BCUT2D eigenvalue weighted by atomic mass is 16.5. The highest BCUT2D eigenvalue weighted by Crippen LogP contribution is 2.20. The van der Waals surface area contributed by atoms with Crippen LogP contribution in [-0.2, 0) is 4.74 Å². The summed E-state index contributed by atoms with van der Waals surface area (Å²) < 4.78 is 5.84. The predicted octanol–water partition coefficient (Wildman–Crippen LogP) is 2.69. The van der Waals surface area contributed by atoms with Gasteiger partial charge in [0.15, 0.2) is 5.96 Å². The molecule has 1 saturated carbocycles. The first-order valence-corrected chi connectivity index (χ1v) is 7.92. The molecule has 4 heteroatoms. The number of rotatable bonds is 8. The SMILES string of the molecule is CCNC(=NCCCOC1CCCC1)NC(C)CC. The highest BCUT2D eigenvalue weighted by Gasteiger charge is 2.14. The molecule has 0 saturated heterocycles. The summed E-state index contributed by atoms with van der Waals surface area (Å²) in [5.74, 6) is 0.928. The maximum Gasteiger partial charge on any atom is 0.191 e. The van der Waals surface area contributed by atoms with Crippen molar-refractivity contribution in [2.75, 3.05) is 19.7 Å². The van der Waals surface area contributed by atoms with E-state index in [0.717, 1.165) is 38.5 Å². The average molecular weight is 269 g/mol. The standard InChI is InChI=1S/C15H31N3O/c1-4-13(3)18-15(16-5-2)17-11-8-12-19-14-9-6-7-10-14/h13-14H,4-12H2,1-3H3,(H2,16,17,18). The van der Waals surface area contributed by atoms with Gasteiger partial charge in [-0.05, 0) is 39.5 Å². The third-order valence-electron chi connectivity index (χ3n) is 3.57. The van der Waals surface area contributed by atoms with Gasteiger partial charge in [0.1, 0.15) is 0 Å². The molecule has 1 atom stereocenters. The second-order valence-corrected chi connectivity index (χ2v) is 5.35. The minimum atomic E-state index is 0.465. The molecule has 1 fully saturated rings. The second kappa shape index (κ2) is 10.1. The molecule has 19 heavy (non-hydrogen) atoms. The number of hydrogen-bond donors (Lipinski definition) is 2. The van der Waals surface area contributed by atoms with Crippen LogP contribution in [-0.4, -0.2) is 37.8 Å². The minimum absolute atomic E-state index is 0.465. The maximum absolute atomic E-state index is 5.84.